The largest absolute Gasteiger partial charge is 0.545 e. The standard InChI is InChI=1S/C19H16N2O5S/c1-10-12(5-4-6-13(10)18(24)25)15-8-7-11(26-15)9-14-16(22)20(2)19(27)21(3)17(14)23/h4-9H,1-3H3,(H,24,25)/p-1. The van der Waals surface area contributed by atoms with Crippen molar-refractivity contribution < 1.29 is 23.9 Å². The second-order valence-electron chi connectivity index (χ2n) is 6.04. The summed E-state index contributed by atoms with van der Waals surface area (Å²) in [6.07, 6.45) is 1.35. The van der Waals surface area contributed by atoms with E-state index in [9.17, 15) is 19.5 Å². The molecule has 1 aromatic heterocycles. The number of carboxylic acid groups (broad SMARTS) is 1. The molecule has 1 aliphatic heterocycles. The quantitative estimate of drug-likeness (QED) is 0.449. The molecule has 3 rings (SSSR count). The lowest BCUT2D eigenvalue weighted by molar-refractivity contribution is -0.255. The lowest BCUT2D eigenvalue weighted by atomic mass is 10.0. The number of nitrogens with zero attached hydrogens (tertiary/aromatic N) is 2. The van der Waals surface area contributed by atoms with Crippen LogP contribution in [0.15, 0.2) is 40.3 Å². The number of carboxylic acids is 1. The van der Waals surface area contributed by atoms with Gasteiger partial charge in [-0.15, -0.1) is 0 Å². The number of aromatic carboxylic acids is 1. The zero-order chi connectivity index (χ0) is 19.9. The maximum atomic E-state index is 12.4. The molecule has 1 aliphatic rings. The van der Waals surface area contributed by atoms with Crippen LogP contribution in [-0.4, -0.2) is 46.8 Å². The minimum atomic E-state index is -1.27. The van der Waals surface area contributed by atoms with Crippen LogP contribution in [0.2, 0.25) is 0 Å². The second kappa shape index (κ2) is 6.81. The lowest BCUT2D eigenvalue weighted by Gasteiger charge is -2.31. The third-order valence-corrected chi connectivity index (χ3v) is 4.92. The molecule has 2 amide bonds. The summed E-state index contributed by atoms with van der Waals surface area (Å²) in [7, 11) is 2.98. The Balaban J connectivity index is 2.00. The Kier molecular flexibility index (Phi) is 4.67. The van der Waals surface area contributed by atoms with Crippen molar-refractivity contribution in [2.45, 2.75) is 6.92 Å². The molecule has 2 heterocycles. The molecule has 0 unspecified atom stereocenters. The maximum Gasteiger partial charge on any atom is 0.265 e. The Morgan fingerprint density at radius 2 is 1.74 bits per heavy atom. The van der Waals surface area contributed by atoms with Crippen LogP contribution >= 0.6 is 12.2 Å². The number of hydrogen-bond donors (Lipinski definition) is 0. The molecule has 0 saturated carbocycles. The van der Waals surface area contributed by atoms with Gasteiger partial charge in [-0.2, -0.15) is 0 Å². The van der Waals surface area contributed by atoms with Crippen LogP contribution in [0.5, 0.6) is 0 Å². The van der Waals surface area contributed by atoms with Crippen LogP contribution in [-0.2, 0) is 9.59 Å². The molecule has 0 bridgehead atoms. The number of carbonyl (C=O) groups excluding carboxylic acids is 3. The molecular weight excluding hydrogens is 368 g/mol. The number of hydrogen-bond acceptors (Lipinski definition) is 6. The van der Waals surface area contributed by atoms with Gasteiger partial charge in [-0.3, -0.25) is 19.4 Å². The normalized spacial score (nSPS) is 14.8. The van der Waals surface area contributed by atoms with Gasteiger partial charge in [-0.1, -0.05) is 18.2 Å². The monoisotopic (exact) mass is 383 g/mol. The van der Waals surface area contributed by atoms with Crippen LogP contribution in [0.3, 0.4) is 0 Å². The van der Waals surface area contributed by atoms with E-state index in [-0.39, 0.29) is 22.0 Å². The summed E-state index contributed by atoms with van der Waals surface area (Å²) in [5.41, 5.74) is 1.08. The van der Waals surface area contributed by atoms with E-state index in [4.69, 9.17) is 16.6 Å². The molecule has 0 radical (unpaired) electrons. The van der Waals surface area contributed by atoms with Crippen molar-refractivity contribution in [1.29, 1.82) is 0 Å². The topological polar surface area (TPSA) is 93.9 Å². The highest BCUT2D eigenvalue weighted by molar-refractivity contribution is 7.80. The SMILES string of the molecule is Cc1c(C(=O)[O-])cccc1-c1ccc(C=C2C(=O)N(C)C(=S)N(C)C2=O)o1. The zero-order valence-corrected chi connectivity index (χ0v) is 15.6. The summed E-state index contributed by atoms with van der Waals surface area (Å²) in [4.78, 5) is 38.3. The number of benzene rings is 1. The fraction of sp³-hybridized carbons (Fsp3) is 0.158. The maximum absolute atomic E-state index is 12.4. The van der Waals surface area contributed by atoms with Crippen molar-refractivity contribution in [2.24, 2.45) is 0 Å². The third kappa shape index (κ3) is 3.15. The number of likely N-dealkylation sites (N-methyl/N-ethyl adjacent to an activating group) is 2. The molecule has 0 spiro atoms. The highest BCUT2D eigenvalue weighted by Gasteiger charge is 2.35. The van der Waals surface area contributed by atoms with Crippen LogP contribution < -0.4 is 5.11 Å². The predicted molar refractivity (Wildman–Crippen MR) is 99.3 cm³/mol. The molecule has 2 aromatic rings. The summed E-state index contributed by atoms with van der Waals surface area (Å²) in [6.45, 7) is 1.65. The Morgan fingerprint density at radius 3 is 2.33 bits per heavy atom. The van der Waals surface area contributed by atoms with Crippen LogP contribution in [0.1, 0.15) is 21.7 Å². The first-order chi connectivity index (χ1) is 12.7. The van der Waals surface area contributed by atoms with Gasteiger partial charge in [0.15, 0.2) is 5.11 Å². The second-order valence-corrected chi connectivity index (χ2v) is 6.40. The Bertz CT molecular complexity index is 995. The molecule has 27 heavy (non-hydrogen) atoms. The summed E-state index contributed by atoms with van der Waals surface area (Å²) < 4.78 is 5.72. The number of amides is 2. The van der Waals surface area contributed by atoms with E-state index < -0.39 is 17.8 Å². The average molecular weight is 383 g/mol. The van der Waals surface area contributed by atoms with Gasteiger partial charge in [-0.25, -0.2) is 0 Å². The molecule has 7 nitrogen and oxygen atoms in total. The predicted octanol–water partition coefficient (Wildman–Crippen LogP) is 1.22. The van der Waals surface area contributed by atoms with E-state index in [1.54, 1.807) is 31.2 Å². The Labute approximate surface area is 160 Å². The minimum Gasteiger partial charge on any atom is -0.545 e. The molecular formula is C19H15N2O5S-. The van der Waals surface area contributed by atoms with Gasteiger partial charge < -0.3 is 14.3 Å². The average Bonchev–Trinajstić information content (AvgIpc) is 3.10. The Morgan fingerprint density at radius 1 is 1.11 bits per heavy atom. The molecule has 0 atom stereocenters. The van der Waals surface area contributed by atoms with E-state index in [0.29, 0.717) is 16.9 Å². The number of carbonyl (C=O) groups is 3. The van der Waals surface area contributed by atoms with E-state index >= 15 is 0 Å². The van der Waals surface area contributed by atoms with Gasteiger partial charge in [0.05, 0.1) is 5.97 Å². The lowest BCUT2D eigenvalue weighted by Crippen LogP contribution is -2.52. The molecule has 138 valence electrons. The Hall–Kier alpha value is -3.26. The van der Waals surface area contributed by atoms with Gasteiger partial charge in [-0.05, 0) is 42.9 Å². The van der Waals surface area contributed by atoms with Crippen molar-refractivity contribution in [3.8, 4) is 11.3 Å². The number of furan rings is 1. The van der Waals surface area contributed by atoms with E-state index in [2.05, 4.69) is 0 Å². The van der Waals surface area contributed by atoms with Gasteiger partial charge in [0.2, 0.25) is 0 Å². The van der Waals surface area contributed by atoms with Gasteiger partial charge in [0.25, 0.3) is 11.8 Å². The first-order valence-corrected chi connectivity index (χ1v) is 8.36. The fourth-order valence-corrected chi connectivity index (χ4v) is 2.98. The smallest absolute Gasteiger partial charge is 0.265 e. The fourth-order valence-electron chi connectivity index (χ4n) is 2.82. The molecule has 1 saturated heterocycles. The van der Waals surface area contributed by atoms with Gasteiger partial charge in [0, 0.05) is 25.2 Å². The molecule has 8 heteroatoms. The van der Waals surface area contributed by atoms with Gasteiger partial charge >= 0.3 is 0 Å². The van der Waals surface area contributed by atoms with Crippen LogP contribution in [0.4, 0.5) is 0 Å². The van der Waals surface area contributed by atoms with E-state index in [1.807, 2.05) is 0 Å². The molecule has 1 fully saturated rings. The van der Waals surface area contributed by atoms with E-state index in [0.717, 1.165) is 0 Å². The first-order valence-electron chi connectivity index (χ1n) is 7.95. The summed E-state index contributed by atoms with van der Waals surface area (Å²) in [5, 5.41) is 11.3. The van der Waals surface area contributed by atoms with Crippen molar-refractivity contribution in [3.05, 3.63) is 52.8 Å². The molecule has 1 aromatic carbocycles. The molecule has 0 N–H and O–H groups in total. The van der Waals surface area contributed by atoms with Gasteiger partial charge in [0.1, 0.15) is 17.1 Å². The minimum absolute atomic E-state index is 0.0678. The first kappa shape index (κ1) is 18.5. The van der Waals surface area contributed by atoms with Crippen molar-refractivity contribution in [3.63, 3.8) is 0 Å². The number of thiocarbonyl (C=S) groups is 1. The highest BCUT2D eigenvalue weighted by atomic mass is 32.1. The third-order valence-electron chi connectivity index (χ3n) is 4.38. The van der Waals surface area contributed by atoms with Crippen LogP contribution in [0, 0.1) is 6.92 Å². The summed E-state index contributed by atoms with van der Waals surface area (Å²) in [5.74, 6) is -1.61. The van der Waals surface area contributed by atoms with Crippen molar-refractivity contribution >= 4 is 41.2 Å². The zero-order valence-electron chi connectivity index (χ0n) is 14.8. The van der Waals surface area contributed by atoms with E-state index in [1.165, 1.54) is 36.0 Å². The summed E-state index contributed by atoms with van der Waals surface area (Å²) in [6, 6.07) is 8.00. The van der Waals surface area contributed by atoms with Crippen LogP contribution in [0.25, 0.3) is 17.4 Å². The van der Waals surface area contributed by atoms with Crippen molar-refractivity contribution in [1.82, 2.24) is 9.80 Å². The van der Waals surface area contributed by atoms with Crippen molar-refractivity contribution in [2.75, 3.05) is 14.1 Å². The molecule has 0 aliphatic carbocycles. The number of rotatable bonds is 3. The summed E-state index contributed by atoms with van der Waals surface area (Å²) >= 11 is 5.04. The highest BCUT2D eigenvalue weighted by Crippen LogP contribution is 2.29.